The molecule has 11 atom stereocenters. The number of aromatic nitrogens is 3. The highest BCUT2D eigenvalue weighted by Crippen LogP contribution is 2.69. The van der Waals surface area contributed by atoms with E-state index in [1.165, 1.54) is 25.7 Å². The van der Waals surface area contributed by atoms with Crippen LogP contribution in [0.5, 0.6) is 0 Å². The third-order valence-electron chi connectivity index (χ3n) is 13.4. The van der Waals surface area contributed by atoms with Crippen LogP contribution in [-0.2, 0) is 16.4 Å². The van der Waals surface area contributed by atoms with Gasteiger partial charge in [-0.05, 0) is 110 Å². The summed E-state index contributed by atoms with van der Waals surface area (Å²) in [5.41, 5.74) is 0.401. The summed E-state index contributed by atoms with van der Waals surface area (Å²) in [6.45, 7) is 9.55. The molecule has 9 heteroatoms. The Morgan fingerprint density at radius 3 is 2.41 bits per heavy atom. The van der Waals surface area contributed by atoms with Gasteiger partial charge in [0.2, 0.25) is 10.0 Å². The Balaban J connectivity index is 1.16. The first-order valence-corrected chi connectivity index (χ1v) is 18.3. The zero-order valence-corrected chi connectivity index (χ0v) is 26.5. The van der Waals surface area contributed by atoms with E-state index in [-0.39, 0.29) is 40.2 Å². The number of H-pyrrole nitrogens is 1. The highest BCUT2D eigenvalue weighted by atomic mass is 32.2. The molecular formula is C32H54N4O4S. The molecule has 0 radical (unpaired) electrons. The number of sulfonamides is 1. The standard InChI is InChI=1S/C32H54N4O4S/c1-5-22-26-18-20(37)13-15-32(26,4)25-14-16-31(3)23(11-12-24(31)28(25)29(22)38)19(2)17-27-33-30(35-34-27)36-41(39,40)21-9-7-6-8-10-21/h19-26,28-29,37-38H,5-18H2,1-4H3,(H2,33,34,35,36)/t19-,20-,22-,23?,24+,25+,26+,28+,29-,31-,32-/m1/s1. The van der Waals surface area contributed by atoms with Gasteiger partial charge in [-0.2, -0.15) is 4.98 Å². The smallest absolute Gasteiger partial charge is 0.255 e. The number of anilines is 1. The molecule has 0 aliphatic heterocycles. The molecule has 6 rings (SSSR count). The summed E-state index contributed by atoms with van der Waals surface area (Å²) in [4.78, 5) is 4.57. The zero-order chi connectivity index (χ0) is 29.2. The Morgan fingerprint density at radius 1 is 0.976 bits per heavy atom. The minimum atomic E-state index is -3.47. The van der Waals surface area contributed by atoms with Crippen molar-refractivity contribution < 1.29 is 18.6 Å². The number of aliphatic hydroxyl groups is 2. The second kappa shape index (κ2) is 11.1. The quantitative estimate of drug-likeness (QED) is 0.323. The van der Waals surface area contributed by atoms with Crippen LogP contribution in [-0.4, -0.2) is 51.3 Å². The first-order chi connectivity index (χ1) is 19.5. The number of nitrogens with one attached hydrogen (secondary N) is 2. The summed E-state index contributed by atoms with van der Waals surface area (Å²) >= 11 is 0. The van der Waals surface area contributed by atoms with E-state index < -0.39 is 10.0 Å². The monoisotopic (exact) mass is 590 g/mol. The molecule has 5 aliphatic rings. The van der Waals surface area contributed by atoms with Crippen LogP contribution in [0.25, 0.3) is 0 Å². The predicted octanol–water partition coefficient (Wildman–Crippen LogP) is 5.68. The first kappa shape index (κ1) is 29.9. The summed E-state index contributed by atoms with van der Waals surface area (Å²) in [6, 6.07) is 0. The molecule has 5 fully saturated rings. The van der Waals surface area contributed by atoms with Crippen LogP contribution < -0.4 is 4.72 Å². The van der Waals surface area contributed by atoms with E-state index >= 15 is 0 Å². The van der Waals surface area contributed by atoms with Crippen molar-refractivity contribution in [3.63, 3.8) is 0 Å². The third kappa shape index (κ3) is 5.07. The van der Waals surface area contributed by atoms with Gasteiger partial charge in [-0.25, -0.2) is 13.1 Å². The number of hydrogen-bond acceptors (Lipinski definition) is 6. The lowest BCUT2D eigenvalue weighted by atomic mass is 9.41. The lowest BCUT2D eigenvalue weighted by Crippen LogP contribution is -2.62. The molecule has 0 bridgehead atoms. The van der Waals surface area contributed by atoms with Gasteiger partial charge in [0.1, 0.15) is 5.82 Å². The minimum Gasteiger partial charge on any atom is -0.393 e. The van der Waals surface area contributed by atoms with Crippen molar-refractivity contribution in [3.8, 4) is 0 Å². The molecule has 1 heterocycles. The van der Waals surface area contributed by atoms with Crippen LogP contribution in [0, 0.1) is 52.3 Å². The van der Waals surface area contributed by atoms with Gasteiger partial charge < -0.3 is 10.2 Å². The van der Waals surface area contributed by atoms with E-state index in [0.29, 0.717) is 48.3 Å². The van der Waals surface area contributed by atoms with Gasteiger partial charge in [0.25, 0.3) is 5.95 Å². The van der Waals surface area contributed by atoms with Crippen LogP contribution in [0.3, 0.4) is 0 Å². The maximum atomic E-state index is 12.9. The van der Waals surface area contributed by atoms with Crippen molar-refractivity contribution in [1.82, 2.24) is 15.2 Å². The average molecular weight is 591 g/mol. The molecule has 1 unspecified atom stereocenters. The van der Waals surface area contributed by atoms with E-state index in [0.717, 1.165) is 57.2 Å². The molecule has 0 amide bonds. The van der Waals surface area contributed by atoms with Gasteiger partial charge in [0, 0.05) is 6.42 Å². The largest absolute Gasteiger partial charge is 0.393 e. The fraction of sp³-hybridized carbons (Fsp3) is 0.938. The zero-order valence-electron chi connectivity index (χ0n) is 25.7. The maximum Gasteiger partial charge on any atom is 0.255 e. The van der Waals surface area contributed by atoms with Crippen LogP contribution in [0.1, 0.15) is 117 Å². The highest BCUT2D eigenvalue weighted by molar-refractivity contribution is 7.93. The van der Waals surface area contributed by atoms with Crippen LogP contribution in [0.2, 0.25) is 0 Å². The second-order valence-corrected chi connectivity index (χ2v) is 17.3. The Morgan fingerprint density at radius 2 is 1.68 bits per heavy atom. The minimum absolute atomic E-state index is 0.171. The van der Waals surface area contributed by atoms with Crippen molar-refractivity contribution in [2.45, 2.75) is 135 Å². The third-order valence-corrected chi connectivity index (χ3v) is 15.2. The summed E-state index contributed by atoms with van der Waals surface area (Å²) in [6.07, 6.45) is 13.3. The molecule has 0 saturated heterocycles. The van der Waals surface area contributed by atoms with Gasteiger partial charge in [-0.15, -0.1) is 5.10 Å². The van der Waals surface area contributed by atoms with E-state index in [1.807, 2.05) is 0 Å². The molecule has 5 aliphatic carbocycles. The molecule has 1 aromatic heterocycles. The molecule has 232 valence electrons. The second-order valence-electron chi connectivity index (χ2n) is 15.3. The molecule has 41 heavy (non-hydrogen) atoms. The molecular weight excluding hydrogens is 536 g/mol. The number of aromatic amines is 1. The van der Waals surface area contributed by atoms with Gasteiger partial charge in [-0.1, -0.05) is 53.4 Å². The van der Waals surface area contributed by atoms with E-state index in [2.05, 4.69) is 47.6 Å². The number of aliphatic hydroxyl groups excluding tert-OH is 2. The Kier molecular flexibility index (Phi) is 8.06. The first-order valence-electron chi connectivity index (χ1n) is 16.8. The van der Waals surface area contributed by atoms with Crippen molar-refractivity contribution in [1.29, 1.82) is 0 Å². The Labute approximate surface area is 247 Å². The molecule has 1 aromatic rings. The van der Waals surface area contributed by atoms with Gasteiger partial charge in [0.05, 0.1) is 17.5 Å². The summed E-state index contributed by atoms with van der Waals surface area (Å²) < 4.78 is 28.4. The van der Waals surface area contributed by atoms with Gasteiger partial charge >= 0.3 is 0 Å². The van der Waals surface area contributed by atoms with Crippen molar-refractivity contribution >= 4 is 16.0 Å². The molecule has 0 aromatic carbocycles. The Hall–Kier alpha value is -1.19. The summed E-state index contributed by atoms with van der Waals surface area (Å²) in [5.74, 6) is 3.95. The highest BCUT2D eigenvalue weighted by Gasteiger charge is 2.64. The predicted molar refractivity (Wildman–Crippen MR) is 160 cm³/mol. The van der Waals surface area contributed by atoms with Crippen molar-refractivity contribution in [2.24, 2.45) is 52.3 Å². The van der Waals surface area contributed by atoms with E-state index in [1.54, 1.807) is 0 Å². The maximum absolute atomic E-state index is 12.9. The van der Waals surface area contributed by atoms with Crippen molar-refractivity contribution in [2.75, 3.05) is 4.72 Å². The van der Waals surface area contributed by atoms with Crippen LogP contribution in [0.4, 0.5) is 5.95 Å². The number of fused-ring (bicyclic) bond motifs is 5. The lowest BCUT2D eigenvalue weighted by Gasteiger charge is -2.64. The molecule has 0 spiro atoms. The van der Waals surface area contributed by atoms with Crippen molar-refractivity contribution in [3.05, 3.63) is 5.82 Å². The summed E-state index contributed by atoms with van der Waals surface area (Å²) in [5, 5.41) is 29.4. The van der Waals surface area contributed by atoms with E-state index in [4.69, 9.17) is 0 Å². The van der Waals surface area contributed by atoms with Gasteiger partial charge in [0.15, 0.2) is 0 Å². The topological polar surface area (TPSA) is 128 Å². The van der Waals surface area contributed by atoms with E-state index in [9.17, 15) is 18.6 Å². The normalized spacial score (nSPS) is 44.0. The fourth-order valence-corrected chi connectivity index (χ4v) is 12.9. The lowest BCUT2D eigenvalue weighted by molar-refractivity contribution is -0.203. The molecule has 8 nitrogen and oxygen atoms in total. The SMILES string of the molecule is CC[C@H]1[C@@H](O)[C@@H]2[C@H](CC[C@]3(C)C([C@H](C)Cc4nc(NS(=O)(=O)C5CCCCC5)n[nH]4)CC[C@@H]23)[C@@]2(C)CC[C@@H](O)C[C@@H]12. The fourth-order valence-electron chi connectivity index (χ4n) is 11.4. The van der Waals surface area contributed by atoms with Crippen LogP contribution in [0.15, 0.2) is 0 Å². The number of rotatable bonds is 7. The Bertz CT molecular complexity index is 1180. The average Bonchev–Trinajstić information content (AvgIpc) is 3.53. The number of nitrogens with zero attached hydrogens (tertiary/aromatic N) is 2. The van der Waals surface area contributed by atoms with Crippen LogP contribution >= 0.6 is 0 Å². The molecule has 4 N–H and O–H groups in total. The number of hydrogen-bond donors (Lipinski definition) is 4. The summed E-state index contributed by atoms with van der Waals surface area (Å²) in [7, 11) is -3.47. The molecule has 5 saturated carbocycles. The van der Waals surface area contributed by atoms with Gasteiger partial charge in [-0.3, -0.25) is 5.10 Å².